The number of aromatic amines is 2. The lowest BCUT2D eigenvalue weighted by molar-refractivity contribution is -0.118. The molecule has 11 heteroatoms. The minimum atomic E-state index is -0.631. The Balaban J connectivity index is 1.46. The highest BCUT2D eigenvalue weighted by molar-refractivity contribution is 5.98. The van der Waals surface area contributed by atoms with Crippen molar-refractivity contribution >= 4 is 33.5 Å². The summed E-state index contributed by atoms with van der Waals surface area (Å²) in [6.07, 6.45) is 7.53. The van der Waals surface area contributed by atoms with Gasteiger partial charge in [-0.3, -0.25) is 24.8 Å². The molecule has 5 heterocycles. The Labute approximate surface area is 214 Å². The molecule has 0 bridgehead atoms. The van der Waals surface area contributed by atoms with E-state index in [9.17, 15) is 9.18 Å². The predicted octanol–water partition coefficient (Wildman–Crippen LogP) is 5.50. The average Bonchev–Trinajstić information content (AvgIpc) is 3.54. The standard InChI is InChI=1S/C27H20F2N8O/c1-13(2)27(38)33-15-7-14(8-30-9-15)23-22(29)21-19(12-32-23)36-37-25(21)26-34-20-11-31-10-17(24(20)35-26)16-5-3-4-6-18(16)28/h3-13H,1-2H3,(H,33,38)(H,34,35)(H,36,37). The monoisotopic (exact) mass is 510 g/mol. The number of fused-ring (bicyclic) bond motifs is 2. The summed E-state index contributed by atoms with van der Waals surface area (Å²) in [6, 6.07) is 7.96. The van der Waals surface area contributed by atoms with Gasteiger partial charge in [-0.15, -0.1) is 0 Å². The van der Waals surface area contributed by atoms with E-state index in [4.69, 9.17) is 0 Å². The van der Waals surface area contributed by atoms with Gasteiger partial charge in [0.1, 0.15) is 22.7 Å². The molecule has 1 aromatic carbocycles. The largest absolute Gasteiger partial charge is 0.335 e. The van der Waals surface area contributed by atoms with Crippen LogP contribution in [0.25, 0.3) is 55.8 Å². The van der Waals surface area contributed by atoms with Crippen LogP contribution in [0.5, 0.6) is 0 Å². The summed E-state index contributed by atoms with van der Waals surface area (Å²) in [6.45, 7) is 3.55. The fourth-order valence-electron chi connectivity index (χ4n) is 4.19. The molecule has 0 aliphatic heterocycles. The second-order valence-electron chi connectivity index (χ2n) is 9.04. The normalized spacial score (nSPS) is 11.5. The molecule has 0 saturated heterocycles. The number of anilines is 1. The lowest BCUT2D eigenvalue weighted by atomic mass is 10.1. The molecular weight excluding hydrogens is 490 g/mol. The number of aromatic nitrogens is 7. The number of rotatable bonds is 5. The number of hydrogen-bond acceptors (Lipinski definition) is 6. The molecule has 0 aliphatic carbocycles. The molecule has 6 rings (SSSR count). The van der Waals surface area contributed by atoms with E-state index < -0.39 is 11.6 Å². The van der Waals surface area contributed by atoms with E-state index in [1.54, 1.807) is 44.3 Å². The fraction of sp³-hybridized carbons (Fsp3) is 0.111. The maximum atomic E-state index is 16.0. The molecule has 0 spiro atoms. The smallest absolute Gasteiger partial charge is 0.226 e. The lowest BCUT2D eigenvalue weighted by Crippen LogP contribution is -2.17. The third-order valence-electron chi connectivity index (χ3n) is 6.13. The van der Waals surface area contributed by atoms with Gasteiger partial charge in [0.25, 0.3) is 0 Å². The number of pyridine rings is 3. The highest BCUT2D eigenvalue weighted by atomic mass is 19.1. The van der Waals surface area contributed by atoms with Gasteiger partial charge in [0, 0.05) is 35.0 Å². The quantitative estimate of drug-likeness (QED) is 0.281. The second kappa shape index (κ2) is 9.11. The van der Waals surface area contributed by atoms with E-state index >= 15 is 4.39 Å². The zero-order valence-corrected chi connectivity index (χ0v) is 20.3. The van der Waals surface area contributed by atoms with Crippen molar-refractivity contribution in [2.24, 2.45) is 5.92 Å². The second-order valence-corrected chi connectivity index (χ2v) is 9.04. The Morgan fingerprint density at radius 1 is 0.947 bits per heavy atom. The van der Waals surface area contributed by atoms with Crippen LogP contribution >= 0.6 is 0 Å². The molecule has 3 N–H and O–H groups in total. The van der Waals surface area contributed by atoms with Crippen LogP contribution in [0.4, 0.5) is 14.5 Å². The van der Waals surface area contributed by atoms with Crippen LogP contribution in [0.2, 0.25) is 0 Å². The third kappa shape index (κ3) is 3.94. The van der Waals surface area contributed by atoms with E-state index in [-0.39, 0.29) is 34.4 Å². The van der Waals surface area contributed by atoms with Gasteiger partial charge in [-0.2, -0.15) is 5.10 Å². The Morgan fingerprint density at radius 3 is 2.58 bits per heavy atom. The van der Waals surface area contributed by atoms with Crippen LogP contribution < -0.4 is 5.32 Å². The topological polar surface area (TPSA) is 125 Å². The van der Waals surface area contributed by atoms with Crippen molar-refractivity contribution < 1.29 is 13.6 Å². The molecule has 0 unspecified atom stereocenters. The molecule has 9 nitrogen and oxygen atoms in total. The summed E-state index contributed by atoms with van der Waals surface area (Å²) in [7, 11) is 0. The average molecular weight is 511 g/mol. The maximum absolute atomic E-state index is 16.0. The minimum absolute atomic E-state index is 0.0399. The summed E-state index contributed by atoms with van der Waals surface area (Å²) in [5.41, 5.74) is 3.32. The summed E-state index contributed by atoms with van der Waals surface area (Å²) in [5.74, 6) is -1.16. The number of carbonyl (C=O) groups is 1. The summed E-state index contributed by atoms with van der Waals surface area (Å²) in [4.78, 5) is 32.5. The van der Waals surface area contributed by atoms with E-state index in [2.05, 4.69) is 40.4 Å². The van der Waals surface area contributed by atoms with Gasteiger partial charge in [0.05, 0.1) is 40.7 Å². The van der Waals surface area contributed by atoms with Crippen molar-refractivity contribution in [3.8, 4) is 33.9 Å². The molecule has 38 heavy (non-hydrogen) atoms. The number of carbonyl (C=O) groups excluding carboxylic acids is 1. The summed E-state index contributed by atoms with van der Waals surface area (Å²) in [5, 5.41) is 10.0. The molecule has 1 amide bonds. The van der Waals surface area contributed by atoms with Crippen LogP contribution in [0.3, 0.4) is 0 Å². The van der Waals surface area contributed by atoms with Gasteiger partial charge in [-0.05, 0) is 12.1 Å². The van der Waals surface area contributed by atoms with Crippen LogP contribution in [-0.2, 0) is 4.79 Å². The Kier molecular flexibility index (Phi) is 5.60. The van der Waals surface area contributed by atoms with Gasteiger partial charge in [0.15, 0.2) is 11.6 Å². The van der Waals surface area contributed by atoms with Crippen molar-refractivity contribution in [3.63, 3.8) is 0 Å². The number of imidazole rings is 1. The highest BCUT2D eigenvalue weighted by Gasteiger charge is 2.22. The zero-order chi connectivity index (χ0) is 26.4. The summed E-state index contributed by atoms with van der Waals surface area (Å²) >= 11 is 0. The number of nitrogens with one attached hydrogen (secondary N) is 3. The predicted molar refractivity (Wildman–Crippen MR) is 139 cm³/mol. The van der Waals surface area contributed by atoms with E-state index in [1.807, 2.05) is 0 Å². The van der Waals surface area contributed by atoms with Crippen molar-refractivity contribution in [2.75, 3.05) is 5.32 Å². The summed E-state index contributed by atoms with van der Waals surface area (Å²) < 4.78 is 30.5. The number of amides is 1. The van der Waals surface area contributed by atoms with E-state index in [0.717, 1.165) is 0 Å². The Morgan fingerprint density at radius 2 is 1.76 bits per heavy atom. The van der Waals surface area contributed by atoms with Gasteiger partial charge in [0.2, 0.25) is 5.91 Å². The molecule has 0 saturated carbocycles. The van der Waals surface area contributed by atoms with Crippen LogP contribution in [0.1, 0.15) is 13.8 Å². The number of hydrogen-bond donors (Lipinski definition) is 3. The first kappa shape index (κ1) is 23.3. The first-order valence-electron chi connectivity index (χ1n) is 11.8. The molecule has 0 atom stereocenters. The molecule has 0 radical (unpaired) electrons. The third-order valence-corrected chi connectivity index (χ3v) is 6.13. The number of halogens is 2. The Hall–Kier alpha value is -5.06. The Bertz CT molecular complexity index is 1840. The van der Waals surface area contributed by atoms with E-state index in [0.29, 0.717) is 38.9 Å². The molecule has 188 valence electrons. The SMILES string of the molecule is CC(C)C(=O)Nc1cncc(-c2ncc3[nH]nc(-c4nc5c(-c6ccccc6F)cncc5[nH]4)c3c2F)c1. The van der Waals surface area contributed by atoms with Crippen LogP contribution in [-0.4, -0.2) is 41.0 Å². The van der Waals surface area contributed by atoms with Crippen LogP contribution in [0, 0.1) is 17.6 Å². The fourth-order valence-corrected chi connectivity index (χ4v) is 4.19. The van der Waals surface area contributed by atoms with Crippen molar-refractivity contribution in [3.05, 3.63) is 73.0 Å². The van der Waals surface area contributed by atoms with Gasteiger partial charge < -0.3 is 10.3 Å². The molecule has 5 aromatic heterocycles. The van der Waals surface area contributed by atoms with Crippen molar-refractivity contribution in [2.45, 2.75) is 13.8 Å². The van der Waals surface area contributed by atoms with Gasteiger partial charge in [-0.1, -0.05) is 32.0 Å². The molecule has 6 aromatic rings. The molecule has 0 aliphatic rings. The van der Waals surface area contributed by atoms with Crippen molar-refractivity contribution in [1.29, 1.82) is 0 Å². The molecule has 0 fully saturated rings. The maximum Gasteiger partial charge on any atom is 0.226 e. The first-order valence-corrected chi connectivity index (χ1v) is 11.8. The van der Waals surface area contributed by atoms with Gasteiger partial charge in [-0.25, -0.2) is 13.8 Å². The van der Waals surface area contributed by atoms with Gasteiger partial charge >= 0.3 is 0 Å². The highest BCUT2D eigenvalue weighted by Crippen LogP contribution is 2.35. The van der Waals surface area contributed by atoms with E-state index in [1.165, 1.54) is 30.9 Å². The molecular formula is C27H20F2N8O. The van der Waals surface area contributed by atoms with Crippen LogP contribution in [0.15, 0.2) is 61.3 Å². The number of H-pyrrole nitrogens is 2. The zero-order valence-electron chi connectivity index (χ0n) is 20.3. The lowest BCUT2D eigenvalue weighted by Gasteiger charge is -2.09. The van der Waals surface area contributed by atoms with Crippen molar-refractivity contribution in [1.82, 2.24) is 35.1 Å². The minimum Gasteiger partial charge on any atom is -0.335 e. The number of nitrogens with zero attached hydrogens (tertiary/aromatic N) is 5. The first-order chi connectivity index (χ1) is 18.4. The number of benzene rings is 1.